The standard InChI is InChI=1S/C21H22FN3O7S/c1-21(2)20-24-16(17(26)19(28)25(20)8-10-31-21)18(27)23-12-14-6-7-15(22)11-13(14)5-4-9-32-33(3,29)30/h6-7,11,26H,8-10,12H2,1-3H3,(H,23,27). The number of aromatic hydroxyl groups is 1. The van der Waals surface area contributed by atoms with E-state index >= 15 is 0 Å². The molecule has 0 radical (unpaired) electrons. The van der Waals surface area contributed by atoms with Crippen molar-refractivity contribution < 1.29 is 31.6 Å². The second-order valence-electron chi connectivity index (χ2n) is 7.70. The number of ether oxygens (including phenoxy) is 1. The lowest BCUT2D eigenvalue weighted by molar-refractivity contribution is -0.0566. The Labute approximate surface area is 189 Å². The lowest BCUT2D eigenvalue weighted by atomic mass is 10.1. The zero-order chi connectivity index (χ0) is 24.4. The highest BCUT2D eigenvalue weighted by molar-refractivity contribution is 7.86. The SMILES string of the molecule is CC1(C)OCCn2c1nc(C(=O)NCc1ccc(F)cc1C#CCOS(C)(=O)=O)c(O)c2=O. The molecule has 12 heteroatoms. The molecule has 3 rings (SSSR count). The number of nitrogens with zero attached hydrogens (tertiary/aromatic N) is 2. The fourth-order valence-corrected chi connectivity index (χ4v) is 3.45. The van der Waals surface area contributed by atoms with Crippen LogP contribution in [0.2, 0.25) is 0 Å². The van der Waals surface area contributed by atoms with Crippen LogP contribution in [-0.2, 0) is 37.7 Å². The number of nitrogens with one attached hydrogen (secondary N) is 1. The van der Waals surface area contributed by atoms with Crippen molar-refractivity contribution in [2.24, 2.45) is 0 Å². The number of halogens is 1. The number of hydrogen-bond donors (Lipinski definition) is 2. The summed E-state index contributed by atoms with van der Waals surface area (Å²) in [6.45, 7) is 3.29. The number of amides is 1. The molecule has 1 aliphatic heterocycles. The van der Waals surface area contributed by atoms with E-state index in [1.807, 2.05) is 0 Å². The molecular formula is C21H22FN3O7S. The van der Waals surface area contributed by atoms with E-state index < -0.39 is 51.1 Å². The highest BCUT2D eigenvalue weighted by atomic mass is 32.2. The third kappa shape index (κ3) is 5.75. The van der Waals surface area contributed by atoms with Crippen LogP contribution < -0.4 is 10.9 Å². The summed E-state index contributed by atoms with van der Waals surface area (Å²) in [6, 6.07) is 3.68. The minimum Gasteiger partial charge on any atom is -0.501 e. The summed E-state index contributed by atoms with van der Waals surface area (Å²) >= 11 is 0. The molecule has 0 atom stereocenters. The van der Waals surface area contributed by atoms with Crippen LogP contribution in [0.3, 0.4) is 0 Å². The zero-order valence-corrected chi connectivity index (χ0v) is 19.0. The second kappa shape index (κ2) is 9.30. The molecule has 0 saturated heterocycles. The molecule has 2 N–H and O–H groups in total. The molecule has 10 nitrogen and oxygen atoms in total. The Bertz CT molecular complexity index is 1320. The first-order valence-corrected chi connectivity index (χ1v) is 11.6. The third-order valence-corrected chi connectivity index (χ3v) is 5.30. The molecule has 1 aromatic heterocycles. The molecule has 2 heterocycles. The number of carbonyl (C=O) groups is 1. The van der Waals surface area contributed by atoms with Crippen LogP contribution in [0.25, 0.3) is 0 Å². The molecule has 2 aromatic rings. The average molecular weight is 479 g/mol. The van der Waals surface area contributed by atoms with Crippen LogP contribution in [0.1, 0.15) is 41.3 Å². The molecule has 1 amide bonds. The molecule has 1 aromatic carbocycles. The molecule has 176 valence electrons. The maximum absolute atomic E-state index is 13.7. The smallest absolute Gasteiger partial charge is 0.296 e. The molecule has 0 saturated carbocycles. The molecule has 0 bridgehead atoms. The number of hydrogen-bond acceptors (Lipinski definition) is 8. The van der Waals surface area contributed by atoms with Crippen LogP contribution in [0, 0.1) is 17.7 Å². The second-order valence-corrected chi connectivity index (χ2v) is 9.34. The van der Waals surface area contributed by atoms with Gasteiger partial charge < -0.3 is 15.2 Å². The van der Waals surface area contributed by atoms with Crippen LogP contribution >= 0.6 is 0 Å². The highest BCUT2D eigenvalue weighted by Crippen LogP contribution is 2.27. The van der Waals surface area contributed by atoms with Gasteiger partial charge in [-0.25, -0.2) is 9.37 Å². The van der Waals surface area contributed by atoms with Gasteiger partial charge in [-0.15, -0.1) is 0 Å². The average Bonchev–Trinajstić information content (AvgIpc) is 2.72. The van der Waals surface area contributed by atoms with Crippen molar-refractivity contribution in [1.82, 2.24) is 14.9 Å². The Kier molecular flexibility index (Phi) is 6.87. The van der Waals surface area contributed by atoms with Crippen molar-refractivity contribution in [1.29, 1.82) is 0 Å². The Morgan fingerprint density at radius 1 is 1.42 bits per heavy atom. The van der Waals surface area contributed by atoms with E-state index in [4.69, 9.17) is 4.74 Å². The van der Waals surface area contributed by atoms with E-state index in [2.05, 4.69) is 26.3 Å². The van der Waals surface area contributed by atoms with Gasteiger partial charge in [-0.1, -0.05) is 17.9 Å². The molecule has 1 aliphatic rings. The van der Waals surface area contributed by atoms with Crippen molar-refractivity contribution in [3.8, 4) is 17.6 Å². The summed E-state index contributed by atoms with van der Waals surface area (Å²) in [6.07, 6.45) is 0.876. The van der Waals surface area contributed by atoms with Gasteiger partial charge in [0.2, 0.25) is 5.75 Å². The van der Waals surface area contributed by atoms with Gasteiger partial charge >= 0.3 is 0 Å². The first-order chi connectivity index (χ1) is 15.4. The molecule has 0 unspecified atom stereocenters. The predicted octanol–water partition coefficient (Wildman–Crippen LogP) is 0.611. The summed E-state index contributed by atoms with van der Waals surface area (Å²) < 4.78 is 47.1. The molecule has 0 spiro atoms. The first-order valence-electron chi connectivity index (χ1n) is 9.77. The van der Waals surface area contributed by atoms with Gasteiger partial charge in [0.25, 0.3) is 21.6 Å². The van der Waals surface area contributed by atoms with E-state index in [-0.39, 0.29) is 31.1 Å². The van der Waals surface area contributed by atoms with Crippen LogP contribution in [-0.4, -0.2) is 48.5 Å². The van der Waals surface area contributed by atoms with Gasteiger partial charge in [0.05, 0.1) is 19.4 Å². The van der Waals surface area contributed by atoms with Crippen molar-refractivity contribution in [3.05, 3.63) is 57.0 Å². The van der Waals surface area contributed by atoms with Gasteiger partial charge in [-0.2, -0.15) is 8.42 Å². The van der Waals surface area contributed by atoms with Gasteiger partial charge in [0, 0.05) is 12.1 Å². The Morgan fingerprint density at radius 3 is 2.85 bits per heavy atom. The number of benzene rings is 1. The summed E-state index contributed by atoms with van der Waals surface area (Å²) in [5, 5.41) is 12.8. The maximum Gasteiger partial charge on any atom is 0.296 e. The molecular weight excluding hydrogens is 457 g/mol. The monoisotopic (exact) mass is 479 g/mol. The topological polar surface area (TPSA) is 137 Å². The third-order valence-electron chi connectivity index (χ3n) is 4.76. The number of carbonyl (C=O) groups excluding carboxylic acids is 1. The predicted molar refractivity (Wildman–Crippen MR) is 114 cm³/mol. The van der Waals surface area contributed by atoms with Gasteiger partial charge in [-0.3, -0.25) is 18.3 Å². The summed E-state index contributed by atoms with van der Waals surface area (Å²) in [5.74, 6) is 3.08. The largest absolute Gasteiger partial charge is 0.501 e. The van der Waals surface area contributed by atoms with Crippen LogP contribution in [0.15, 0.2) is 23.0 Å². The van der Waals surface area contributed by atoms with Gasteiger partial charge in [-0.05, 0) is 31.5 Å². The van der Waals surface area contributed by atoms with Gasteiger partial charge in [0.15, 0.2) is 5.69 Å². The quantitative estimate of drug-likeness (QED) is 0.470. The van der Waals surface area contributed by atoms with Crippen molar-refractivity contribution >= 4 is 16.0 Å². The normalized spacial score (nSPS) is 14.7. The fourth-order valence-electron chi connectivity index (χ4n) is 3.17. The Morgan fingerprint density at radius 2 is 2.15 bits per heavy atom. The minimum atomic E-state index is -3.67. The van der Waals surface area contributed by atoms with Crippen molar-refractivity contribution in [3.63, 3.8) is 0 Å². The summed E-state index contributed by atoms with van der Waals surface area (Å²) in [5.41, 5.74) is -1.53. The number of rotatable bonds is 5. The minimum absolute atomic E-state index is 0.129. The number of fused-ring (bicyclic) bond motifs is 1. The summed E-state index contributed by atoms with van der Waals surface area (Å²) in [4.78, 5) is 29.4. The highest BCUT2D eigenvalue weighted by Gasteiger charge is 2.34. The van der Waals surface area contributed by atoms with Crippen LogP contribution in [0.5, 0.6) is 5.75 Å². The molecule has 33 heavy (non-hydrogen) atoms. The van der Waals surface area contributed by atoms with Gasteiger partial charge in [0.1, 0.15) is 23.8 Å². The maximum atomic E-state index is 13.7. The van der Waals surface area contributed by atoms with E-state index in [9.17, 15) is 27.5 Å². The van der Waals surface area contributed by atoms with E-state index in [1.54, 1.807) is 13.8 Å². The van der Waals surface area contributed by atoms with E-state index in [1.165, 1.54) is 16.7 Å². The lowest BCUT2D eigenvalue weighted by Crippen LogP contribution is -2.42. The first kappa shape index (κ1) is 24.4. The van der Waals surface area contributed by atoms with E-state index in [0.717, 1.165) is 12.3 Å². The number of aromatic nitrogens is 2. The lowest BCUT2D eigenvalue weighted by Gasteiger charge is -2.32. The Hall–Kier alpha value is -3.27. The van der Waals surface area contributed by atoms with Crippen molar-refractivity contribution in [2.45, 2.75) is 32.5 Å². The molecule has 0 fully saturated rings. The zero-order valence-electron chi connectivity index (χ0n) is 18.1. The van der Waals surface area contributed by atoms with Crippen LogP contribution in [0.4, 0.5) is 4.39 Å². The summed E-state index contributed by atoms with van der Waals surface area (Å²) in [7, 11) is -3.67. The molecule has 0 aliphatic carbocycles. The fraction of sp³-hybridized carbons (Fsp3) is 0.381. The van der Waals surface area contributed by atoms with E-state index in [0.29, 0.717) is 5.56 Å². The van der Waals surface area contributed by atoms with Crippen molar-refractivity contribution in [2.75, 3.05) is 19.5 Å². The Balaban J connectivity index is 1.83.